The molecule has 7 amide bonds. The molecule has 9 atom stereocenters. The summed E-state index contributed by atoms with van der Waals surface area (Å²) in [4.78, 5) is 131. The van der Waals surface area contributed by atoms with Crippen LogP contribution in [0.4, 0.5) is 0 Å². The molecule has 0 bridgehead atoms. The highest BCUT2D eigenvalue weighted by Gasteiger charge is 2.36. The van der Waals surface area contributed by atoms with Crippen LogP contribution in [0.1, 0.15) is 97.0 Å². The van der Waals surface area contributed by atoms with Crippen molar-refractivity contribution in [3.05, 3.63) is 35.9 Å². The third-order valence-electron chi connectivity index (χ3n) is 11.1. The van der Waals surface area contributed by atoms with Gasteiger partial charge in [-0.25, -0.2) is 4.79 Å². The molecule has 1 aromatic rings. The molecule has 420 valence electrons. The van der Waals surface area contributed by atoms with E-state index < -0.39 is 139 Å². The number of nitrogens with one attached hydrogen (secondary N) is 11. The SMILES string of the molecule is CC(C)C[C@H](NC(=O)[C@H](CCCCN)NC(=O)[C@H](CCCNC(=N)N)NC(=O)[C@H](CCC(=O)O)NC(=O)[C@@H](N)CC(=O)O)C(=O)N[C@@H](CCCNC(=N)N)C(=O)N[C@H](C(=O)N[C@@H](Cc1ccccc1)C(=O)O)[C@@H](C)O. The Morgan fingerprint density at radius 3 is 1.40 bits per heavy atom. The van der Waals surface area contributed by atoms with Gasteiger partial charge in [0, 0.05) is 25.9 Å². The van der Waals surface area contributed by atoms with Gasteiger partial charge in [-0.2, -0.15) is 0 Å². The van der Waals surface area contributed by atoms with Crippen molar-refractivity contribution in [3.63, 3.8) is 0 Å². The largest absolute Gasteiger partial charge is 0.481 e. The molecule has 0 saturated heterocycles. The van der Waals surface area contributed by atoms with Crippen LogP contribution in [0.5, 0.6) is 0 Å². The van der Waals surface area contributed by atoms with E-state index in [9.17, 15) is 63.3 Å². The fourth-order valence-corrected chi connectivity index (χ4v) is 7.22. The van der Waals surface area contributed by atoms with E-state index in [0.29, 0.717) is 12.0 Å². The van der Waals surface area contributed by atoms with E-state index in [0.717, 1.165) is 0 Å². The van der Waals surface area contributed by atoms with Gasteiger partial charge >= 0.3 is 17.9 Å². The first kappa shape index (κ1) is 65.4. The van der Waals surface area contributed by atoms with Crippen molar-refractivity contribution in [2.75, 3.05) is 19.6 Å². The molecule has 0 unspecified atom stereocenters. The Labute approximate surface area is 434 Å². The number of amides is 7. The monoisotopic (exact) mass is 1060 g/mol. The molecule has 0 spiro atoms. The van der Waals surface area contributed by atoms with Crippen LogP contribution in [-0.4, -0.2) is 166 Å². The van der Waals surface area contributed by atoms with Gasteiger partial charge in [0.2, 0.25) is 41.4 Å². The van der Waals surface area contributed by atoms with Crippen LogP contribution in [0, 0.1) is 16.7 Å². The molecule has 1 rings (SSSR count). The average Bonchev–Trinajstić information content (AvgIpc) is 3.32. The van der Waals surface area contributed by atoms with E-state index in [-0.39, 0.29) is 82.9 Å². The first-order valence-electron chi connectivity index (χ1n) is 24.4. The number of carboxylic acids is 3. The summed E-state index contributed by atoms with van der Waals surface area (Å²) in [7, 11) is 0. The van der Waals surface area contributed by atoms with Crippen molar-refractivity contribution < 1.29 is 68.4 Å². The molecule has 0 aliphatic heterocycles. The molecular weight excluding hydrogens is 987 g/mol. The second-order valence-corrected chi connectivity index (χ2v) is 18.1. The summed E-state index contributed by atoms with van der Waals surface area (Å²) in [6, 6.07) is -3.81. The van der Waals surface area contributed by atoms with Crippen LogP contribution in [0.2, 0.25) is 0 Å². The summed E-state index contributed by atoms with van der Waals surface area (Å²) in [5, 5.41) is 76.2. The minimum Gasteiger partial charge on any atom is -0.481 e. The first-order chi connectivity index (χ1) is 35.2. The summed E-state index contributed by atoms with van der Waals surface area (Å²) in [6.45, 7) is 4.93. The first-order valence-corrected chi connectivity index (χ1v) is 24.4. The van der Waals surface area contributed by atoms with Crippen molar-refractivity contribution in [2.24, 2.45) is 28.9 Å². The van der Waals surface area contributed by atoms with Crippen molar-refractivity contribution in [3.8, 4) is 0 Å². The lowest BCUT2D eigenvalue weighted by molar-refractivity contribution is -0.143. The smallest absolute Gasteiger partial charge is 0.326 e. The van der Waals surface area contributed by atoms with Gasteiger partial charge in [0.1, 0.15) is 42.3 Å². The zero-order chi connectivity index (χ0) is 56.8. The molecular formula is C46H77N15O14. The number of aliphatic hydroxyl groups excluding tert-OH is 1. The molecule has 29 nitrogen and oxygen atoms in total. The highest BCUT2D eigenvalue weighted by molar-refractivity contribution is 5.98. The quantitative estimate of drug-likeness (QED) is 0.0169. The van der Waals surface area contributed by atoms with E-state index in [1.807, 2.05) is 0 Å². The number of nitrogens with two attached hydrogens (primary N) is 4. The number of unbranched alkanes of at least 4 members (excludes halogenated alkanes) is 1. The summed E-state index contributed by atoms with van der Waals surface area (Å²) in [5.74, 6) is -12.2. The standard InChI is InChI=1S/C46H77N15O14/c1-24(2)21-32(42(72)58-30(15-10-20-54-46(51)52)41(71)61-36(25(3)62)43(73)60-33(44(74)75)22-26-11-5-4-6-12-26)59-39(69)28(13-7-8-18-47)56-38(68)29(14-9-19-53-45(49)50)57-40(70)31(16-17-34(63)64)55-37(67)27(48)23-35(65)66/h4-6,11-12,24-25,27-33,36,62H,7-10,13-23,47-48H2,1-3H3,(H,55,67)(H,56,68)(H,57,70)(H,58,72)(H,59,69)(H,60,73)(H,61,71)(H,63,64)(H,65,66)(H,74,75)(H4,49,50,53)(H4,51,52,54)/t25-,27+,28+,29+,30+,31+,32+,33+,36+/m1/s1. The van der Waals surface area contributed by atoms with Crippen molar-refractivity contribution in [1.82, 2.24) is 47.9 Å². The number of guanidine groups is 2. The number of aliphatic carboxylic acids is 3. The lowest BCUT2D eigenvalue weighted by atomic mass is 10.00. The Bertz CT molecular complexity index is 2100. The van der Waals surface area contributed by atoms with Crippen LogP contribution in [0.15, 0.2) is 30.3 Å². The summed E-state index contributed by atoms with van der Waals surface area (Å²) < 4.78 is 0. The number of carboxylic acid groups (broad SMARTS) is 3. The topological polar surface area (TPSA) is 512 Å². The summed E-state index contributed by atoms with van der Waals surface area (Å²) >= 11 is 0. The number of hydrogen-bond donors (Lipinski definition) is 19. The van der Waals surface area contributed by atoms with Gasteiger partial charge in [-0.1, -0.05) is 44.2 Å². The second-order valence-electron chi connectivity index (χ2n) is 18.1. The van der Waals surface area contributed by atoms with E-state index in [4.69, 9.17) is 38.9 Å². The molecule has 29 heteroatoms. The molecule has 0 heterocycles. The predicted molar refractivity (Wildman–Crippen MR) is 271 cm³/mol. The Morgan fingerprint density at radius 1 is 0.547 bits per heavy atom. The molecule has 0 aliphatic carbocycles. The second kappa shape index (κ2) is 34.7. The van der Waals surface area contributed by atoms with Crippen LogP contribution in [0.3, 0.4) is 0 Å². The lowest BCUT2D eigenvalue weighted by Gasteiger charge is -2.29. The molecule has 0 fully saturated rings. The summed E-state index contributed by atoms with van der Waals surface area (Å²) in [5.41, 5.74) is 22.8. The van der Waals surface area contributed by atoms with Gasteiger partial charge in [-0.15, -0.1) is 0 Å². The summed E-state index contributed by atoms with van der Waals surface area (Å²) in [6.07, 6.45) is -3.27. The highest BCUT2D eigenvalue weighted by Crippen LogP contribution is 2.12. The number of benzene rings is 1. The molecule has 0 saturated carbocycles. The number of rotatable bonds is 37. The van der Waals surface area contributed by atoms with Crippen LogP contribution >= 0.6 is 0 Å². The van der Waals surface area contributed by atoms with Crippen molar-refractivity contribution in [1.29, 1.82) is 10.8 Å². The Hall–Kier alpha value is -7.66. The van der Waals surface area contributed by atoms with Gasteiger partial charge < -0.3 is 91.2 Å². The Balaban J connectivity index is 3.56. The van der Waals surface area contributed by atoms with Crippen LogP contribution < -0.4 is 70.8 Å². The Kier molecular flexibility index (Phi) is 30.2. The predicted octanol–water partition coefficient (Wildman–Crippen LogP) is -4.54. The maximum Gasteiger partial charge on any atom is 0.326 e. The van der Waals surface area contributed by atoms with Crippen molar-refractivity contribution >= 4 is 71.2 Å². The van der Waals surface area contributed by atoms with Crippen molar-refractivity contribution in [2.45, 2.75) is 152 Å². The van der Waals surface area contributed by atoms with Gasteiger partial charge in [-0.05, 0) is 82.7 Å². The minimum absolute atomic E-state index is 0.0284. The molecule has 0 aliphatic rings. The average molecular weight is 1060 g/mol. The molecule has 0 aromatic heterocycles. The zero-order valence-electron chi connectivity index (χ0n) is 42.4. The van der Waals surface area contributed by atoms with E-state index in [1.165, 1.54) is 6.92 Å². The van der Waals surface area contributed by atoms with Gasteiger partial charge in [-0.3, -0.25) is 54.0 Å². The molecule has 75 heavy (non-hydrogen) atoms. The van der Waals surface area contributed by atoms with E-state index in [1.54, 1.807) is 44.2 Å². The number of hydrogen-bond acceptors (Lipinski definition) is 15. The molecule has 1 aromatic carbocycles. The highest BCUT2D eigenvalue weighted by atomic mass is 16.4. The van der Waals surface area contributed by atoms with Crippen LogP contribution in [-0.2, 0) is 54.4 Å². The Morgan fingerprint density at radius 2 is 0.973 bits per heavy atom. The van der Waals surface area contributed by atoms with E-state index in [2.05, 4.69) is 47.9 Å². The third kappa shape index (κ3) is 27.3. The fourth-order valence-electron chi connectivity index (χ4n) is 7.22. The maximum absolute atomic E-state index is 14.2. The van der Waals surface area contributed by atoms with Gasteiger partial charge in [0.25, 0.3) is 0 Å². The van der Waals surface area contributed by atoms with Gasteiger partial charge in [0.15, 0.2) is 11.9 Å². The molecule has 23 N–H and O–H groups in total. The van der Waals surface area contributed by atoms with Crippen LogP contribution in [0.25, 0.3) is 0 Å². The third-order valence-corrected chi connectivity index (χ3v) is 11.1. The maximum atomic E-state index is 14.2. The fraction of sp³-hybridized carbons (Fsp3) is 0.609. The molecule has 0 radical (unpaired) electrons. The lowest BCUT2D eigenvalue weighted by Crippen LogP contribution is -2.61. The van der Waals surface area contributed by atoms with E-state index >= 15 is 0 Å². The van der Waals surface area contributed by atoms with Gasteiger partial charge in [0.05, 0.1) is 18.6 Å². The minimum atomic E-state index is -1.72. The number of carbonyl (C=O) groups excluding carboxylic acids is 7. The number of carbonyl (C=O) groups is 10. The zero-order valence-corrected chi connectivity index (χ0v) is 42.4. The normalized spacial score (nSPS) is 14.5. The number of aliphatic hydroxyl groups is 1.